The van der Waals surface area contributed by atoms with Gasteiger partial charge in [0.15, 0.2) is 0 Å². The molecule has 5 heteroatoms. The van der Waals surface area contributed by atoms with E-state index < -0.39 is 11.4 Å². The largest absolute Gasteiger partial charge is 0.396 e. The summed E-state index contributed by atoms with van der Waals surface area (Å²) in [5, 5.41) is 2.86. The molecule has 1 rings (SSSR count). The van der Waals surface area contributed by atoms with E-state index in [-0.39, 0.29) is 17.3 Å². The lowest BCUT2D eigenvalue weighted by molar-refractivity contribution is -0.119. The molecule has 3 nitrogen and oxygen atoms in total. The first kappa shape index (κ1) is 16.4. The van der Waals surface area contributed by atoms with Crippen molar-refractivity contribution in [3.63, 3.8) is 0 Å². The van der Waals surface area contributed by atoms with Crippen LogP contribution in [0.15, 0.2) is 23.1 Å². The maximum atomic E-state index is 13.3. The number of carbonyl (C=O) groups excluding carboxylic acids is 1. The van der Waals surface area contributed by atoms with Gasteiger partial charge in [-0.2, -0.15) is 0 Å². The number of hydrogen-bond donors (Lipinski definition) is 2. The van der Waals surface area contributed by atoms with E-state index in [1.54, 1.807) is 6.07 Å². The lowest BCUT2D eigenvalue weighted by atomic mass is 9.94. The van der Waals surface area contributed by atoms with Gasteiger partial charge in [0, 0.05) is 4.90 Å². The van der Waals surface area contributed by atoms with Gasteiger partial charge in [0.2, 0.25) is 5.91 Å². The molecule has 0 heterocycles. The fourth-order valence-corrected chi connectivity index (χ4v) is 2.44. The van der Waals surface area contributed by atoms with Crippen LogP contribution in [-0.2, 0) is 4.79 Å². The fraction of sp³-hybridized carbons (Fsp3) is 0.400. The minimum Gasteiger partial charge on any atom is -0.396 e. The average molecular weight is 294 g/mol. The van der Waals surface area contributed by atoms with Crippen LogP contribution in [0, 0.1) is 18.2 Å². The van der Waals surface area contributed by atoms with Crippen molar-refractivity contribution in [3.05, 3.63) is 24.0 Å². The molecule has 1 amide bonds. The van der Waals surface area contributed by atoms with Crippen LogP contribution in [-0.4, -0.2) is 17.2 Å². The summed E-state index contributed by atoms with van der Waals surface area (Å²) in [5.74, 6) is 2.20. The van der Waals surface area contributed by atoms with E-state index in [1.165, 1.54) is 23.9 Å². The van der Waals surface area contributed by atoms with E-state index in [9.17, 15) is 9.18 Å². The zero-order chi connectivity index (χ0) is 15.2. The molecule has 1 aromatic carbocycles. The SMILES string of the molecule is C#CC(CC)(CC)NC(=O)CSc1ccc(N)c(F)c1. The summed E-state index contributed by atoms with van der Waals surface area (Å²) in [5.41, 5.74) is 4.90. The van der Waals surface area contributed by atoms with Gasteiger partial charge >= 0.3 is 0 Å². The van der Waals surface area contributed by atoms with Crippen LogP contribution in [0.25, 0.3) is 0 Å². The summed E-state index contributed by atoms with van der Waals surface area (Å²) >= 11 is 1.25. The summed E-state index contributed by atoms with van der Waals surface area (Å²) in [7, 11) is 0. The normalized spacial score (nSPS) is 10.9. The third-order valence-corrected chi connectivity index (χ3v) is 4.20. The van der Waals surface area contributed by atoms with Crippen molar-refractivity contribution in [1.82, 2.24) is 5.32 Å². The first-order valence-corrected chi connectivity index (χ1v) is 7.41. The quantitative estimate of drug-likeness (QED) is 0.482. The van der Waals surface area contributed by atoms with Gasteiger partial charge < -0.3 is 11.1 Å². The molecule has 0 saturated carbocycles. The zero-order valence-electron chi connectivity index (χ0n) is 11.7. The molecule has 108 valence electrons. The molecule has 0 aliphatic heterocycles. The van der Waals surface area contributed by atoms with Crippen LogP contribution in [0.2, 0.25) is 0 Å². The second-order valence-corrected chi connectivity index (χ2v) is 5.50. The third-order valence-electron chi connectivity index (χ3n) is 3.20. The molecular formula is C15H19FN2OS. The number of nitrogens with one attached hydrogen (secondary N) is 1. The van der Waals surface area contributed by atoms with Crippen LogP contribution < -0.4 is 11.1 Å². The van der Waals surface area contributed by atoms with Gasteiger partial charge in [0.25, 0.3) is 0 Å². The van der Waals surface area contributed by atoms with E-state index >= 15 is 0 Å². The highest BCUT2D eigenvalue weighted by Crippen LogP contribution is 2.22. The highest BCUT2D eigenvalue weighted by atomic mass is 32.2. The standard InChI is InChI=1S/C15H19FN2OS/c1-4-15(5-2,6-3)18-14(19)10-20-11-7-8-13(17)12(16)9-11/h1,7-9H,5-6,10,17H2,2-3H3,(H,18,19). The van der Waals surface area contributed by atoms with Gasteiger partial charge in [0.1, 0.15) is 11.4 Å². The molecule has 0 aliphatic rings. The highest BCUT2D eigenvalue weighted by molar-refractivity contribution is 8.00. The molecule has 3 N–H and O–H groups in total. The molecule has 0 spiro atoms. The minimum absolute atomic E-state index is 0.0992. The molecule has 0 atom stereocenters. The first-order chi connectivity index (χ1) is 9.46. The summed E-state index contributed by atoms with van der Waals surface area (Å²) < 4.78 is 13.3. The molecule has 0 radical (unpaired) electrons. The topological polar surface area (TPSA) is 55.1 Å². The van der Waals surface area contributed by atoms with Gasteiger partial charge in [-0.25, -0.2) is 4.39 Å². The van der Waals surface area contributed by atoms with Gasteiger partial charge in [-0.1, -0.05) is 19.8 Å². The van der Waals surface area contributed by atoms with Crippen molar-refractivity contribution in [1.29, 1.82) is 0 Å². The Bertz CT molecular complexity index is 521. The molecule has 0 bridgehead atoms. The molecule has 20 heavy (non-hydrogen) atoms. The second-order valence-electron chi connectivity index (χ2n) is 4.45. The Balaban J connectivity index is 2.59. The molecule has 0 unspecified atom stereocenters. The molecule has 1 aromatic rings. The Hall–Kier alpha value is -1.67. The van der Waals surface area contributed by atoms with Gasteiger partial charge in [-0.3, -0.25) is 4.79 Å². The third kappa shape index (κ3) is 4.17. The number of carbonyl (C=O) groups is 1. The van der Waals surface area contributed by atoms with E-state index in [2.05, 4.69) is 11.2 Å². The summed E-state index contributed by atoms with van der Waals surface area (Å²) in [6.45, 7) is 3.87. The number of terminal acetylenes is 1. The van der Waals surface area contributed by atoms with Gasteiger partial charge in [-0.15, -0.1) is 18.2 Å². The highest BCUT2D eigenvalue weighted by Gasteiger charge is 2.25. The number of halogens is 1. The summed E-state index contributed by atoms with van der Waals surface area (Å²) in [6, 6.07) is 4.49. The molecule has 0 saturated heterocycles. The van der Waals surface area contributed by atoms with Crippen molar-refractivity contribution in [2.75, 3.05) is 11.5 Å². The molecule has 0 aromatic heterocycles. The van der Waals surface area contributed by atoms with E-state index in [0.29, 0.717) is 17.7 Å². The van der Waals surface area contributed by atoms with Crippen LogP contribution >= 0.6 is 11.8 Å². The Labute approximate surface area is 123 Å². The fourth-order valence-electron chi connectivity index (χ4n) is 1.72. The van der Waals surface area contributed by atoms with Crippen molar-refractivity contribution in [3.8, 4) is 12.3 Å². The summed E-state index contributed by atoms with van der Waals surface area (Å²) in [6.07, 6.45) is 6.83. The van der Waals surface area contributed by atoms with Crippen LogP contribution in [0.1, 0.15) is 26.7 Å². The number of rotatable bonds is 6. The average Bonchev–Trinajstić information content (AvgIpc) is 2.46. The number of amides is 1. The summed E-state index contributed by atoms with van der Waals surface area (Å²) in [4.78, 5) is 12.6. The molecule has 0 fully saturated rings. The van der Waals surface area contributed by atoms with Gasteiger partial charge in [0.05, 0.1) is 11.4 Å². The second kappa shape index (κ2) is 7.20. The van der Waals surface area contributed by atoms with Crippen molar-refractivity contribution < 1.29 is 9.18 Å². The number of anilines is 1. The maximum Gasteiger partial charge on any atom is 0.231 e. The Morgan fingerprint density at radius 2 is 2.15 bits per heavy atom. The Morgan fingerprint density at radius 3 is 2.65 bits per heavy atom. The van der Waals surface area contributed by atoms with Gasteiger partial charge in [-0.05, 0) is 31.0 Å². The van der Waals surface area contributed by atoms with E-state index in [1.807, 2.05) is 13.8 Å². The van der Waals surface area contributed by atoms with Crippen LogP contribution in [0.3, 0.4) is 0 Å². The predicted molar refractivity (Wildman–Crippen MR) is 81.8 cm³/mol. The minimum atomic E-state index is -0.593. The van der Waals surface area contributed by atoms with Crippen molar-refractivity contribution in [2.45, 2.75) is 37.1 Å². The van der Waals surface area contributed by atoms with Crippen LogP contribution in [0.5, 0.6) is 0 Å². The van der Waals surface area contributed by atoms with Crippen molar-refractivity contribution in [2.24, 2.45) is 0 Å². The number of thioether (sulfide) groups is 1. The lowest BCUT2D eigenvalue weighted by Gasteiger charge is -2.26. The van der Waals surface area contributed by atoms with Crippen molar-refractivity contribution >= 4 is 23.4 Å². The molecule has 0 aliphatic carbocycles. The van der Waals surface area contributed by atoms with E-state index in [0.717, 1.165) is 0 Å². The Morgan fingerprint density at radius 1 is 1.50 bits per heavy atom. The predicted octanol–water partition coefficient (Wildman–Crippen LogP) is 2.81. The first-order valence-electron chi connectivity index (χ1n) is 6.43. The maximum absolute atomic E-state index is 13.3. The number of hydrogen-bond acceptors (Lipinski definition) is 3. The lowest BCUT2D eigenvalue weighted by Crippen LogP contribution is -2.47. The molecular weight excluding hydrogens is 275 g/mol. The zero-order valence-corrected chi connectivity index (χ0v) is 12.5. The van der Waals surface area contributed by atoms with E-state index in [4.69, 9.17) is 12.2 Å². The smallest absolute Gasteiger partial charge is 0.231 e. The number of nitrogen functional groups attached to an aromatic ring is 1. The van der Waals surface area contributed by atoms with Crippen LogP contribution in [0.4, 0.5) is 10.1 Å². The number of benzene rings is 1. The Kier molecular flexibility index (Phi) is 5.90. The number of nitrogens with two attached hydrogens (primary N) is 1. The monoisotopic (exact) mass is 294 g/mol.